The molecule has 0 aliphatic heterocycles. The van der Waals surface area contributed by atoms with Gasteiger partial charge >= 0.3 is 0 Å². The number of methoxy groups -OCH3 is 1. The van der Waals surface area contributed by atoms with Crippen molar-refractivity contribution in [1.82, 2.24) is 9.80 Å². The van der Waals surface area contributed by atoms with Crippen LogP contribution in [0.5, 0.6) is 0 Å². The zero-order chi connectivity index (χ0) is 15.4. The van der Waals surface area contributed by atoms with E-state index in [2.05, 4.69) is 24.8 Å². The lowest BCUT2D eigenvalue weighted by molar-refractivity contribution is -0.130. The van der Waals surface area contributed by atoms with E-state index in [4.69, 9.17) is 10.00 Å². The molecule has 0 spiro atoms. The molecule has 1 amide bonds. The number of rotatable bonds is 11. The van der Waals surface area contributed by atoms with E-state index < -0.39 is 0 Å². The van der Waals surface area contributed by atoms with Crippen molar-refractivity contribution >= 4 is 5.91 Å². The number of nitrogens with zero attached hydrogens (tertiary/aromatic N) is 3. The third-order valence-corrected chi connectivity index (χ3v) is 3.64. The average molecular weight is 283 g/mol. The number of carbonyl (C=O) groups is 1. The topological polar surface area (TPSA) is 56.6 Å². The van der Waals surface area contributed by atoms with Crippen LogP contribution in [0.2, 0.25) is 0 Å². The molecule has 0 aliphatic rings. The highest BCUT2D eigenvalue weighted by molar-refractivity contribution is 5.76. The quantitative estimate of drug-likeness (QED) is 0.581. The first kappa shape index (κ1) is 18.9. The Bertz CT molecular complexity index is 298. The molecular weight excluding hydrogens is 254 g/mol. The first-order chi connectivity index (χ1) is 9.60. The molecule has 0 saturated heterocycles. The van der Waals surface area contributed by atoms with Gasteiger partial charge in [-0.1, -0.05) is 13.8 Å². The van der Waals surface area contributed by atoms with Gasteiger partial charge in [0.1, 0.15) is 0 Å². The van der Waals surface area contributed by atoms with Crippen molar-refractivity contribution in [2.24, 2.45) is 0 Å². The van der Waals surface area contributed by atoms with Crippen LogP contribution >= 0.6 is 0 Å². The molecule has 20 heavy (non-hydrogen) atoms. The lowest BCUT2D eigenvalue weighted by atomic mass is 10.1. The van der Waals surface area contributed by atoms with E-state index in [1.165, 1.54) is 0 Å². The van der Waals surface area contributed by atoms with E-state index >= 15 is 0 Å². The molecule has 116 valence electrons. The van der Waals surface area contributed by atoms with E-state index in [0.29, 0.717) is 32.0 Å². The predicted octanol–water partition coefficient (Wildman–Crippen LogP) is 1.89. The van der Waals surface area contributed by atoms with Crippen molar-refractivity contribution in [1.29, 1.82) is 5.26 Å². The third kappa shape index (κ3) is 7.46. The van der Waals surface area contributed by atoms with Crippen LogP contribution in [-0.4, -0.2) is 62.1 Å². The van der Waals surface area contributed by atoms with Crippen LogP contribution in [0, 0.1) is 11.3 Å². The summed E-state index contributed by atoms with van der Waals surface area (Å²) in [5.41, 5.74) is 0. The van der Waals surface area contributed by atoms with Gasteiger partial charge < -0.3 is 9.64 Å². The highest BCUT2D eigenvalue weighted by atomic mass is 16.5. The fourth-order valence-corrected chi connectivity index (χ4v) is 2.26. The minimum Gasteiger partial charge on any atom is -0.383 e. The monoisotopic (exact) mass is 283 g/mol. The van der Waals surface area contributed by atoms with E-state index in [9.17, 15) is 4.79 Å². The maximum atomic E-state index is 12.0. The van der Waals surface area contributed by atoms with Gasteiger partial charge in [0.05, 0.1) is 19.1 Å². The van der Waals surface area contributed by atoms with Crippen LogP contribution in [0.4, 0.5) is 0 Å². The second-order valence-electron chi connectivity index (χ2n) is 4.97. The first-order valence-electron chi connectivity index (χ1n) is 7.44. The van der Waals surface area contributed by atoms with Crippen molar-refractivity contribution < 1.29 is 9.53 Å². The second kappa shape index (κ2) is 11.7. The van der Waals surface area contributed by atoms with Gasteiger partial charge in [-0.2, -0.15) is 5.26 Å². The normalized spacial score (nSPS) is 10.8. The highest BCUT2D eigenvalue weighted by Gasteiger charge is 2.17. The largest absolute Gasteiger partial charge is 0.383 e. The minimum absolute atomic E-state index is 0.105. The molecule has 0 unspecified atom stereocenters. The van der Waals surface area contributed by atoms with Crippen molar-refractivity contribution in [2.45, 2.75) is 45.6 Å². The number of hydrogen-bond donors (Lipinski definition) is 0. The minimum atomic E-state index is 0.105. The second-order valence-corrected chi connectivity index (χ2v) is 4.97. The summed E-state index contributed by atoms with van der Waals surface area (Å²) in [5, 5.41) is 8.54. The van der Waals surface area contributed by atoms with Crippen molar-refractivity contribution in [3.63, 3.8) is 0 Å². The summed E-state index contributed by atoms with van der Waals surface area (Å²) in [6.07, 6.45) is 3.06. The Labute approximate surface area is 123 Å². The fraction of sp³-hybridized carbons (Fsp3) is 0.867. The van der Waals surface area contributed by atoms with Crippen molar-refractivity contribution in [3.8, 4) is 6.07 Å². The van der Waals surface area contributed by atoms with E-state index in [1.54, 1.807) is 19.1 Å². The Morgan fingerprint density at radius 3 is 2.40 bits per heavy atom. The predicted molar refractivity (Wildman–Crippen MR) is 80.3 cm³/mol. The number of amides is 1. The number of carbonyl (C=O) groups excluding carboxylic acids is 1. The van der Waals surface area contributed by atoms with Crippen LogP contribution in [0.3, 0.4) is 0 Å². The molecule has 0 atom stereocenters. The summed E-state index contributed by atoms with van der Waals surface area (Å²) in [6, 6.07) is 2.56. The highest BCUT2D eigenvalue weighted by Crippen LogP contribution is 2.09. The summed E-state index contributed by atoms with van der Waals surface area (Å²) in [6.45, 7) is 7.17. The number of ether oxygens (including phenoxy) is 1. The summed E-state index contributed by atoms with van der Waals surface area (Å²) in [4.78, 5) is 16.0. The number of hydrogen-bond acceptors (Lipinski definition) is 4. The molecule has 0 aliphatic carbocycles. The van der Waals surface area contributed by atoms with Gasteiger partial charge in [-0.05, 0) is 12.8 Å². The Morgan fingerprint density at radius 2 is 1.90 bits per heavy atom. The average Bonchev–Trinajstić information content (AvgIpc) is 2.47. The molecule has 5 nitrogen and oxygen atoms in total. The molecule has 0 fully saturated rings. The summed E-state index contributed by atoms with van der Waals surface area (Å²) < 4.78 is 5.15. The molecule has 0 rings (SSSR count). The van der Waals surface area contributed by atoms with Gasteiger partial charge in [0.15, 0.2) is 0 Å². The lowest BCUT2D eigenvalue weighted by Gasteiger charge is -2.30. The Balaban J connectivity index is 4.29. The summed E-state index contributed by atoms with van der Waals surface area (Å²) >= 11 is 0. The molecule has 0 aromatic heterocycles. The standard InChI is InChI=1S/C15H29N3O2/c1-5-14(6-2)18(12-13-20-4)11-8-15(19)17(3)10-7-9-16/h14H,5-8,10-13H2,1-4H3. The SMILES string of the molecule is CCC(CC)N(CCOC)CCC(=O)N(C)CCC#N. The zero-order valence-electron chi connectivity index (χ0n) is 13.4. The van der Waals surface area contributed by atoms with Gasteiger partial charge in [-0.15, -0.1) is 0 Å². The first-order valence-corrected chi connectivity index (χ1v) is 7.44. The fourth-order valence-electron chi connectivity index (χ4n) is 2.26. The maximum Gasteiger partial charge on any atom is 0.223 e. The van der Waals surface area contributed by atoms with Crippen LogP contribution in [0.15, 0.2) is 0 Å². The molecule has 0 N–H and O–H groups in total. The molecule has 5 heteroatoms. The molecule has 0 aromatic rings. The van der Waals surface area contributed by atoms with Crippen LogP contribution < -0.4 is 0 Å². The van der Waals surface area contributed by atoms with Crippen LogP contribution in [0.1, 0.15) is 39.5 Å². The van der Waals surface area contributed by atoms with E-state index in [-0.39, 0.29) is 5.91 Å². The van der Waals surface area contributed by atoms with Gasteiger partial charge in [-0.3, -0.25) is 9.69 Å². The Morgan fingerprint density at radius 1 is 1.25 bits per heavy atom. The van der Waals surface area contributed by atoms with Crippen molar-refractivity contribution in [2.75, 3.05) is 40.4 Å². The molecule has 0 aromatic carbocycles. The Hall–Kier alpha value is -1.12. The van der Waals surface area contributed by atoms with Gasteiger partial charge in [-0.25, -0.2) is 0 Å². The van der Waals surface area contributed by atoms with E-state index in [1.807, 2.05) is 0 Å². The van der Waals surface area contributed by atoms with Crippen LogP contribution in [0.25, 0.3) is 0 Å². The molecule has 0 bridgehead atoms. The van der Waals surface area contributed by atoms with E-state index in [0.717, 1.165) is 25.9 Å². The van der Waals surface area contributed by atoms with Gasteiger partial charge in [0.25, 0.3) is 0 Å². The smallest absolute Gasteiger partial charge is 0.223 e. The zero-order valence-corrected chi connectivity index (χ0v) is 13.4. The van der Waals surface area contributed by atoms with Gasteiger partial charge in [0, 0.05) is 46.3 Å². The summed E-state index contributed by atoms with van der Waals surface area (Å²) in [7, 11) is 3.46. The number of nitriles is 1. The summed E-state index contributed by atoms with van der Waals surface area (Å²) in [5.74, 6) is 0.105. The van der Waals surface area contributed by atoms with Gasteiger partial charge in [0.2, 0.25) is 5.91 Å². The molecule has 0 heterocycles. The van der Waals surface area contributed by atoms with Crippen LogP contribution in [-0.2, 0) is 9.53 Å². The maximum absolute atomic E-state index is 12.0. The molecule has 0 radical (unpaired) electrons. The van der Waals surface area contributed by atoms with Crippen molar-refractivity contribution in [3.05, 3.63) is 0 Å². The lowest BCUT2D eigenvalue weighted by Crippen LogP contribution is -2.40. The third-order valence-electron chi connectivity index (χ3n) is 3.64. The molecular formula is C15H29N3O2. The Kier molecular flexibility index (Phi) is 11.0. The molecule has 0 saturated carbocycles.